The Balaban J connectivity index is 1.82. The van der Waals surface area contributed by atoms with E-state index in [0.717, 1.165) is 5.56 Å². The Morgan fingerprint density at radius 3 is 2.55 bits per heavy atom. The third-order valence-corrected chi connectivity index (χ3v) is 4.89. The number of nitrogens with zero attached hydrogens (tertiary/aromatic N) is 1. The number of hydrogen-bond donors (Lipinski definition) is 1. The second-order valence-electron chi connectivity index (χ2n) is 7.12. The smallest absolute Gasteiger partial charge is 0.262 e. The molecule has 168 valence electrons. The summed E-state index contributed by atoms with van der Waals surface area (Å²) in [5, 5.41) is 12.5. The molecule has 5 nitrogen and oxygen atoms in total. The van der Waals surface area contributed by atoms with Gasteiger partial charge in [-0.05, 0) is 55.8 Å². The molecule has 0 fully saturated rings. The molecular formula is C26H22ClFN2O3. The first-order valence-corrected chi connectivity index (χ1v) is 10.6. The molecule has 3 aromatic rings. The molecule has 3 rings (SSSR count). The quantitative estimate of drug-likeness (QED) is 0.315. The van der Waals surface area contributed by atoms with Gasteiger partial charge in [0.05, 0.1) is 23.3 Å². The highest BCUT2D eigenvalue weighted by Gasteiger charge is 2.15. The number of ether oxygens (including phenoxy) is 2. The first-order valence-electron chi connectivity index (χ1n) is 10.2. The van der Waals surface area contributed by atoms with Gasteiger partial charge in [-0.3, -0.25) is 4.79 Å². The Hall–Kier alpha value is -3.82. The summed E-state index contributed by atoms with van der Waals surface area (Å²) in [5.74, 6) is -0.335. The van der Waals surface area contributed by atoms with Crippen molar-refractivity contribution in [3.8, 4) is 17.6 Å². The minimum atomic E-state index is -0.499. The highest BCUT2D eigenvalue weighted by atomic mass is 35.5. The van der Waals surface area contributed by atoms with E-state index in [0.29, 0.717) is 23.6 Å². The Morgan fingerprint density at radius 1 is 1.15 bits per heavy atom. The molecule has 0 aromatic heterocycles. The Bertz CT molecular complexity index is 1220. The molecule has 3 aromatic carbocycles. The Kier molecular flexibility index (Phi) is 8.06. The van der Waals surface area contributed by atoms with Gasteiger partial charge in [-0.15, -0.1) is 0 Å². The number of nitriles is 1. The SMILES string of the molecule is CCOc1cc(/C=C(/C#N)c2ccccc2F)cc(Cl)c1OCC(=O)Nc1ccc(C)cc1. The van der Waals surface area contributed by atoms with Gasteiger partial charge in [-0.1, -0.05) is 47.5 Å². The minimum absolute atomic E-state index is 0.137. The lowest BCUT2D eigenvalue weighted by Crippen LogP contribution is -2.20. The fourth-order valence-corrected chi connectivity index (χ4v) is 3.34. The highest BCUT2D eigenvalue weighted by Crippen LogP contribution is 2.38. The normalized spacial score (nSPS) is 10.9. The number of nitrogens with one attached hydrogen (secondary N) is 1. The largest absolute Gasteiger partial charge is 0.490 e. The van der Waals surface area contributed by atoms with Gasteiger partial charge in [0.15, 0.2) is 18.1 Å². The maximum atomic E-state index is 14.1. The first kappa shape index (κ1) is 23.8. The summed E-state index contributed by atoms with van der Waals surface area (Å²) < 4.78 is 25.4. The second kappa shape index (κ2) is 11.2. The van der Waals surface area contributed by atoms with Crippen LogP contribution in [0, 0.1) is 24.1 Å². The van der Waals surface area contributed by atoms with E-state index in [1.165, 1.54) is 18.2 Å². The first-order chi connectivity index (χ1) is 15.9. The maximum absolute atomic E-state index is 14.1. The third kappa shape index (κ3) is 6.34. The second-order valence-corrected chi connectivity index (χ2v) is 7.52. The number of rotatable bonds is 8. The van der Waals surface area contributed by atoms with E-state index in [2.05, 4.69) is 5.32 Å². The number of carbonyl (C=O) groups excluding carboxylic acids is 1. The van der Waals surface area contributed by atoms with Gasteiger partial charge in [0, 0.05) is 11.3 Å². The van der Waals surface area contributed by atoms with Crippen molar-refractivity contribution in [1.82, 2.24) is 0 Å². The summed E-state index contributed by atoms with van der Waals surface area (Å²) in [5.41, 5.74) is 2.59. The van der Waals surface area contributed by atoms with Gasteiger partial charge in [-0.2, -0.15) is 5.26 Å². The zero-order valence-corrected chi connectivity index (χ0v) is 18.9. The predicted octanol–water partition coefficient (Wildman–Crippen LogP) is 6.27. The summed E-state index contributed by atoms with van der Waals surface area (Å²) >= 11 is 6.41. The van der Waals surface area contributed by atoms with Crippen LogP contribution in [0.25, 0.3) is 11.6 Å². The fraction of sp³-hybridized carbons (Fsp3) is 0.154. The van der Waals surface area contributed by atoms with Gasteiger partial charge >= 0.3 is 0 Å². The summed E-state index contributed by atoms with van der Waals surface area (Å²) in [4.78, 5) is 12.3. The molecule has 0 aliphatic heterocycles. The van der Waals surface area contributed by atoms with Crippen molar-refractivity contribution >= 4 is 34.8 Å². The summed E-state index contributed by atoms with van der Waals surface area (Å²) in [6.07, 6.45) is 1.51. The topological polar surface area (TPSA) is 71.3 Å². The fourth-order valence-electron chi connectivity index (χ4n) is 3.06. The van der Waals surface area contributed by atoms with Crippen molar-refractivity contribution in [3.63, 3.8) is 0 Å². The predicted molar refractivity (Wildman–Crippen MR) is 128 cm³/mol. The van der Waals surface area contributed by atoms with E-state index >= 15 is 0 Å². The number of anilines is 1. The van der Waals surface area contributed by atoms with Crippen LogP contribution in [0.2, 0.25) is 5.02 Å². The molecule has 33 heavy (non-hydrogen) atoms. The number of amides is 1. The molecule has 0 radical (unpaired) electrons. The molecule has 1 amide bonds. The summed E-state index contributed by atoms with van der Waals surface area (Å²) in [6, 6.07) is 18.6. The molecule has 0 saturated heterocycles. The van der Waals surface area contributed by atoms with Crippen molar-refractivity contribution in [2.45, 2.75) is 13.8 Å². The summed E-state index contributed by atoms with van der Waals surface area (Å²) in [6.45, 7) is 3.81. The van der Waals surface area contributed by atoms with Crippen molar-refractivity contribution in [2.24, 2.45) is 0 Å². The molecule has 0 atom stereocenters. The average molecular weight is 465 g/mol. The van der Waals surface area contributed by atoms with Gasteiger partial charge in [0.1, 0.15) is 5.82 Å². The average Bonchev–Trinajstić information content (AvgIpc) is 2.79. The highest BCUT2D eigenvalue weighted by molar-refractivity contribution is 6.32. The zero-order valence-electron chi connectivity index (χ0n) is 18.2. The van der Waals surface area contributed by atoms with Crippen LogP contribution in [0.4, 0.5) is 10.1 Å². The molecular weight excluding hydrogens is 443 g/mol. The molecule has 7 heteroatoms. The van der Waals surface area contributed by atoms with Crippen molar-refractivity contribution < 1.29 is 18.7 Å². The third-order valence-electron chi connectivity index (χ3n) is 4.61. The number of benzene rings is 3. The van der Waals surface area contributed by atoms with E-state index in [1.54, 1.807) is 43.3 Å². The number of carbonyl (C=O) groups is 1. The summed E-state index contributed by atoms with van der Waals surface area (Å²) in [7, 11) is 0. The lowest BCUT2D eigenvalue weighted by Gasteiger charge is -2.15. The standard InChI is InChI=1S/C26H22ClFN2O3/c1-3-32-24-14-18(12-19(15-29)21-6-4-5-7-23(21)28)13-22(27)26(24)33-16-25(31)30-20-10-8-17(2)9-11-20/h4-14H,3,16H2,1-2H3,(H,30,31)/b19-12-. The molecule has 0 spiro atoms. The lowest BCUT2D eigenvalue weighted by atomic mass is 10.0. The van der Waals surface area contributed by atoms with Crippen LogP contribution in [-0.2, 0) is 4.79 Å². The van der Waals surface area contributed by atoms with Crippen LogP contribution in [0.3, 0.4) is 0 Å². The molecule has 0 saturated carbocycles. The van der Waals surface area contributed by atoms with Gasteiger partial charge < -0.3 is 14.8 Å². The Morgan fingerprint density at radius 2 is 1.88 bits per heavy atom. The monoisotopic (exact) mass is 464 g/mol. The van der Waals surface area contributed by atoms with E-state index in [9.17, 15) is 14.4 Å². The minimum Gasteiger partial charge on any atom is -0.490 e. The molecule has 0 heterocycles. The van der Waals surface area contributed by atoms with Crippen LogP contribution in [0.15, 0.2) is 60.7 Å². The molecule has 1 N–H and O–H groups in total. The van der Waals surface area contributed by atoms with E-state index in [-0.39, 0.29) is 34.4 Å². The van der Waals surface area contributed by atoms with Crippen molar-refractivity contribution in [2.75, 3.05) is 18.5 Å². The van der Waals surface area contributed by atoms with Gasteiger partial charge in [0.25, 0.3) is 5.91 Å². The van der Waals surface area contributed by atoms with Crippen molar-refractivity contribution in [3.05, 3.63) is 88.2 Å². The molecule has 0 aliphatic carbocycles. The molecule has 0 unspecified atom stereocenters. The van der Waals surface area contributed by atoms with E-state index < -0.39 is 5.82 Å². The number of halogens is 2. The van der Waals surface area contributed by atoms with Gasteiger partial charge in [-0.25, -0.2) is 4.39 Å². The Labute approximate surface area is 197 Å². The number of aryl methyl sites for hydroxylation is 1. The van der Waals surface area contributed by atoms with Crippen molar-refractivity contribution in [1.29, 1.82) is 5.26 Å². The zero-order chi connectivity index (χ0) is 23.8. The van der Waals surface area contributed by atoms with E-state index in [4.69, 9.17) is 21.1 Å². The lowest BCUT2D eigenvalue weighted by molar-refractivity contribution is -0.118. The maximum Gasteiger partial charge on any atom is 0.262 e. The van der Waals surface area contributed by atoms with Crippen LogP contribution in [0.5, 0.6) is 11.5 Å². The van der Waals surface area contributed by atoms with Crippen LogP contribution in [0.1, 0.15) is 23.6 Å². The van der Waals surface area contributed by atoms with E-state index in [1.807, 2.05) is 25.1 Å². The number of allylic oxidation sites excluding steroid dienone is 1. The number of hydrogen-bond acceptors (Lipinski definition) is 4. The van der Waals surface area contributed by atoms with Crippen LogP contribution in [-0.4, -0.2) is 19.1 Å². The van der Waals surface area contributed by atoms with Crippen LogP contribution < -0.4 is 14.8 Å². The van der Waals surface area contributed by atoms with Gasteiger partial charge in [0.2, 0.25) is 0 Å². The van der Waals surface area contributed by atoms with Crippen LogP contribution >= 0.6 is 11.6 Å². The molecule has 0 aliphatic rings. The molecule has 0 bridgehead atoms.